The molecule has 3 rings (SSSR count). The van der Waals surface area contributed by atoms with Gasteiger partial charge in [-0.3, -0.25) is 4.79 Å². The number of hydrogen-bond acceptors (Lipinski definition) is 3. The first-order valence-electron chi connectivity index (χ1n) is 10.4. The number of carbonyl (C=O) groups is 1. The van der Waals surface area contributed by atoms with Crippen molar-refractivity contribution in [2.45, 2.75) is 78.6 Å². The van der Waals surface area contributed by atoms with Crippen LogP contribution < -0.4 is 14.8 Å². The van der Waals surface area contributed by atoms with Crippen LogP contribution in [0.5, 0.6) is 11.5 Å². The molecule has 1 heterocycles. The fourth-order valence-corrected chi connectivity index (χ4v) is 3.84. The summed E-state index contributed by atoms with van der Waals surface area (Å²) in [5.41, 5.74) is 4.05. The molecular formula is C25H33NO3. The van der Waals surface area contributed by atoms with Crippen LogP contribution in [-0.2, 0) is 4.79 Å². The van der Waals surface area contributed by atoms with E-state index in [1.807, 2.05) is 39.0 Å². The van der Waals surface area contributed by atoms with Gasteiger partial charge in [-0.25, -0.2) is 0 Å². The molecule has 2 aromatic carbocycles. The lowest BCUT2D eigenvalue weighted by atomic mass is 9.89. The van der Waals surface area contributed by atoms with Gasteiger partial charge in [-0.1, -0.05) is 38.1 Å². The third-order valence-corrected chi connectivity index (χ3v) is 5.41. The molecule has 156 valence electrons. The SMILES string of the molecule is Cc1ccc(C(C)C)c(O[C@@H](C)C(=O)N[C@@H]2CC(C)(C)Oc3cc(C)ccc32)c1. The summed E-state index contributed by atoms with van der Waals surface area (Å²) in [6.45, 7) is 14.3. The molecule has 1 aliphatic rings. The van der Waals surface area contributed by atoms with Crippen molar-refractivity contribution in [3.8, 4) is 11.5 Å². The standard InChI is InChI=1S/C25H33NO3/c1-15(2)19-10-8-16(3)12-22(19)28-18(5)24(27)26-21-14-25(6,7)29-23-13-17(4)9-11-20(21)23/h8-13,15,18,21H,14H2,1-7H3,(H,26,27)/t18-,21+/m0/s1. The van der Waals surface area contributed by atoms with Gasteiger partial charge in [0.1, 0.15) is 17.1 Å². The van der Waals surface area contributed by atoms with Crippen molar-refractivity contribution in [1.82, 2.24) is 5.32 Å². The minimum atomic E-state index is -0.589. The first kappa shape index (κ1) is 21.2. The van der Waals surface area contributed by atoms with Gasteiger partial charge < -0.3 is 14.8 Å². The average molecular weight is 396 g/mol. The van der Waals surface area contributed by atoms with Gasteiger partial charge in [0.15, 0.2) is 6.10 Å². The van der Waals surface area contributed by atoms with Crippen molar-refractivity contribution in [2.75, 3.05) is 0 Å². The van der Waals surface area contributed by atoms with Gasteiger partial charge in [-0.05, 0) is 69.4 Å². The highest BCUT2D eigenvalue weighted by molar-refractivity contribution is 5.81. The Balaban J connectivity index is 1.78. The van der Waals surface area contributed by atoms with Crippen LogP contribution in [0.15, 0.2) is 36.4 Å². The van der Waals surface area contributed by atoms with E-state index >= 15 is 0 Å². The third-order valence-electron chi connectivity index (χ3n) is 5.41. The lowest BCUT2D eigenvalue weighted by Gasteiger charge is -2.38. The highest BCUT2D eigenvalue weighted by Gasteiger charge is 2.35. The fraction of sp³-hybridized carbons (Fsp3) is 0.480. The summed E-state index contributed by atoms with van der Waals surface area (Å²) in [5.74, 6) is 1.84. The second-order valence-electron chi connectivity index (χ2n) is 9.12. The van der Waals surface area contributed by atoms with Crippen molar-refractivity contribution in [2.24, 2.45) is 0 Å². The van der Waals surface area contributed by atoms with Crippen LogP contribution in [-0.4, -0.2) is 17.6 Å². The largest absolute Gasteiger partial charge is 0.487 e. The van der Waals surface area contributed by atoms with Crippen molar-refractivity contribution < 1.29 is 14.3 Å². The lowest BCUT2D eigenvalue weighted by Crippen LogP contribution is -2.44. The van der Waals surface area contributed by atoms with Gasteiger partial charge in [0.25, 0.3) is 5.91 Å². The maximum absolute atomic E-state index is 13.0. The maximum atomic E-state index is 13.0. The van der Waals surface area contributed by atoms with Gasteiger partial charge in [0.2, 0.25) is 0 Å². The van der Waals surface area contributed by atoms with E-state index in [1.54, 1.807) is 0 Å². The summed E-state index contributed by atoms with van der Waals surface area (Å²) >= 11 is 0. The van der Waals surface area contributed by atoms with Crippen molar-refractivity contribution in [3.05, 3.63) is 58.7 Å². The number of amides is 1. The van der Waals surface area contributed by atoms with Gasteiger partial charge >= 0.3 is 0 Å². The number of benzene rings is 2. The van der Waals surface area contributed by atoms with Crippen molar-refractivity contribution in [3.63, 3.8) is 0 Å². The molecule has 0 aromatic heterocycles. The molecule has 1 aliphatic heterocycles. The Bertz CT molecular complexity index is 901. The highest BCUT2D eigenvalue weighted by atomic mass is 16.5. The number of carbonyl (C=O) groups excluding carboxylic acids is 1. The molecule has 1 amide bonds. The van der Waals surface area contributed by atoms with Gasteiger partial charge in [-0.15, -0.1) is 0 Å². The molecule has 0 saturated carbocycles. The van der Waals surface area contributed by atoms with Crippen molar-refractivity contribution in [1.29, 1.82) is 0 Å². The molecule has 2 aromatic rings. The van der Waals surface area contributed by atoms with Crippen LogP contribution in [0, 0.1) is 13.8 Å². The monoisotopic (exact) mass is 395 g/mol. The van der Waals surface area contributed by atoms with Gasteiger partial charge in [-0.2, -0.15) is 0 Å². The molecule has 0 aliphatic carbocycles. The summed E-state index contributed by atoms with van der Waals surface area (Å²) in [4.78, 5) is 13.0. The van der Waals surface area contributed by atoms with Crippen LogP contribution in [0.2, 0.25) is 0 Å². The van der Waals surface area contributed by atoms with Crippen molar-refractivity contribution >= 4 is 5.91 Å². The first-order valence-corrected chi connectivity index (χ1v) is 10.4. The zero-order valence-corrected chi connectivity index (χ0v) is 18.6. The van der Waals surface area contributed by atoms with Gasteiger partial charge in [0, 0.05) is 12.0 Å². The third kappa shape index (κ3) is 4.92. The Morgan fingerprint density at radius 3 is 2.45 bits per heavy atom. The zero-order chi connectivity index (χ0) is 21.3. The Morgan fingerprint density at radius 2 is 1.76 bits per heavy atom. The molecule has 0 saturated heterocycles. The highest BCUT2D eigenvalue weighted by Crippen LogP contribution is 2.40. The predicted octanol–water partition coefficient (Wildman–Crippen LogP) is 5.61. The Hall–Kier alpha value is -2.49. The first-order chi connectivity index (χ1) is 13.6. The van der Waals surface area contributed by atoms with E-state index in [4.69, 9.17) is 9.47 Å². The van der Waals surface area contributed by atoms with E-state index in [0.717, 1.165) is 33.8 Å². The number of nitrogens with one attached hydrogen (secondary N) is 1. The molecule has 4 nitrogen and oxygen atoms in total. The Labute approximate surface area is 174 Å². The van der Waals surface area contributed by atoms with E-state index in [2.05, 4.69) is 51.2 Å². The van der Waals surface area contributed by atoms with Crippen LogP contribution in [0.4, 0.5) is 0 Å². The van der Waals surface area contributed by atoms with Crippen LogP contribution in [0.1, 0.15) is 75.3 Å². The van der Waals surface area contributed by atoms with E-state index in [-0.39, 0.29) is 17.6 Å². The summed E-state index contributed by atoms with van der Waals surface area (Å²) in [6, 6.07) is 12.2. The average Bonchev–Trinajstić information content (AvgIpc) is 2.59. The second-order valence-corrected chi connectivity index (χ2v) is 9.12. The molecule has 1 N–H and O–H groups in total. The molecule has 0 radical (unpaired) electrons. The molecule has 0 fully saturated rings. The number of hydrogen-bond donors (Lipinski definition) is 1. The molecule has 0 bridgehead atoms. The second kappa shape index (κ2) is 8.10. The maximum Gasteiger partial charge on any atom is 0.261 e. The minimum absolute atomic E-state index is 0.102. The molecule has 2 atom stereocenters. The molecular weight excluding hydrogens is 362 g/mol. The molecule has 29 heavy (non-hydrogen) atoms. The number of aryl methyl sites for hydroxylation is 2. The normalized spacial score (nSPS) is 18.6. The zero-order valence-electron chi connectivity index (χ0n) is 18.6. The van der Waals surface area contributed by atoms with Gasteiger partial charge in [0.05, 0.1) is 6.04 Å². The quantitative estimate of drug-likeness (QED) is 0.715. The molecule has 4 heteroatoms. The van der Waals surface area contributed by atoms with E-state index in [0.29, 0.717) is 12.3 Å². The topological polar surface area (TPSA) is 47.6 Å². The van der Waals surface area contributed by atoms with Crippen LogP contribution in [0.25, 0.3) is 0 Å². The molecule has 0 unspecified atom stereocenters. The fourth-order valence-electron chi connectivity index (χ4n) is 3.84. The minimum Gasteiger partial charge on any atom is -0.487 e. The van der Waals surface area contributed by atoms with E-state index in [1.165, 1.54) is 0 Å². The van der Waals surface area contributed by atoms with Crippen LogP contribution in [0.3, 0.4) is 0 Å². The number of ether oxygens (including phenoxy) is 2. The summed E-state index contributed by atoms with van der Waals surface area (Å²) in [7, 11) is 0. The van der Waals surface area contributed by atoms with E-state index < -0.39 is 6.10 Å². The Morgan fingerprint density at radius 1 is 1.10 bits per heavy atom. The summed E-state index contributed by atoms with van der Waals surface area (Å²) in [5, 5.41) is 3.19. The van der Waals surface area contributed by atoms with Crippen LogP contribution >= 0.6 is 0 Å². The summed E-state index contributed by atoms with van der Waals surface area (Å²) < 4.78 is 12.2. The lowest BCUT2D eigenvalue weighted by molar-refractivity contribution is -0.128. The van der Waals surface area contributed by atoms with E-state index in [9.17, 15) is 4.79 Å². The number of rotatable bonds is 5. The number of fused-ring (bicyclic) bond motifs is 1. The summed E-state index contributed by atoms with van der Waals surface area (Å²) in [6.07, 6.45) is 0.123. The predicted molar refractivity (Wildman–Crippen MR) is 117 cm³/mol. The smallest absolute Gasteiger partial charge is 0.261 e. The molecule has 0 spiro atoms. The Kier molecular flexibility index (Phi) is 5.92.